The lowest BCUT2D eigenvalue weighted by atomic mass is 10.3. The van der Waals surface area contributed by atoms with Gasteiger partial charge in [-0.3, -0.25) is 4.79 Å². The SMILES string of the molecule is N#CCO/N=C(\[C]=O)c1csc(N)n1. The first kappa shape index (κ1) is 10.1. The number of hydrogen-bond donors (Lipinski definition) is 1. The van der Waals surface area contributed by atoms with Crippen LogP contribution in [0.25, 0.3) is 0 Å². The van der Waals surface area contributed by atoms with E-state index in [-0.39, 0.29) is 12.3 Å². The summed E-state index contributed by atoms with van der Waals surface area (Å²) in [6.07, 6.45) is 1.54. The quantitative estimate of drug-likeness (QED) is 0.430. The molecule has 1 radical (unpaired) electrons. The van der Waals surface area contributed by atoms with Crippen LogP contribution in [0.5, 0.6) is 0 Å². The molecule has 0 aromatic carbocycles. The first-order valence-electron chi connectivity index (χ1n) is 3.44. The van der Waals surface area contributed by atoms with Gasteiger partial charge in [-0.15, -0.1) is 11.3 Å². The number of hydrogen-bond acceptors (Lipinski definition) is 7. The summed E-state index contributed by atoms with van der Waals surface area (Å²) in [5.41, 5.74) is 5.54. The molecule has 1 rings (SSSR count). The number of nitrogens with two attached hydrogens (primary N) is 1. The molecule has 1 aromatic rings. The Morgan fingerprint density at radius 2 is 2.64 bits per heavy atom. The summed E-state index contributed by atoms with van der Waals surface area (Å²) in [6, 6.07) is 1.70. The number of oxime groups is 1. The van der Waals surface area contributed by atoms with E-state index in [0.717, 1.165) is 0 Å². The zero-order valence-electron chi connectivity index (χ0n) is 6.93. The maximum atomic E-state index is 10.4. The molecule has 0 bridgehead atoms. The second-order valence-electron chi connectivity index (χ2n) is 2.04. The summed E-state index contributed by atoms with van der Waals surface area (Å²) < 4.78 is 0. The predicted octanol–water partition coefficient (Wildman–Crippen LogP) is 0.0793. The fourth-order valence-electron chi connectivity index (χ4n) is 0.640. The molecule has 0 aliphatic rings. The summed E-state index contributed by atoms with van der Waals surface area (Å²) in [5, 5.41) is 13.4. The number of nitrogens with zero attached hydrogens (tertiary/aromatic N) is 3. The fraction of sp³-hybridized carbons (Fsp3) is 0.143. The van der Waals surface area contributed by atoms with Crippen LogP contribution < -0.4 is 5.73 Å². The Kier molecular flexibility index (Phi) is 3.58. The highest BCUT2D eigenvalue weighted by atomic mass is 32.1. The van der Waals surface area contributed by atoms with E-state index in [1.54, 1.807) is 17.7 Å². The Bertz CT molecular complexity index is 393. The molecule has 2 N–H and O–H groups in total. The van der Waals surface area contributed by atoms with Crippen LogP contribution in [0.15, 0.2) is 10.5 Å². The van der Waals surface area contributed by atoms with Gasteiger partial charge in [0.15, 0.2) is 10.8 Å². The average Bonchev–Trinajstić information content (AvgIpc) is 2.60. The molecule has 0 aliphatic heterocycles. The average molecular weight is 209 g/mol. The molecule has 0 atom stereocenters. The maximum Gasteiger partial charge on any atom is 0.259 e. The number of thiazole rings is 1. The van der Waals surface area contributed by atoms with E-state index in [1.165, 1.54) is 11.3 Å². The van der Waals surface area contributed by atoms with Crippen molar-refractivity contribution in [1.29, 1.82) is 5.26 Å². The predicted molar refractivity (Wildman–Crippen MR) is 50.3 cm³/mol. The van der Waals surface area contributed by atoms with Gasteiger partial charge in [0.25, 0.3) is 6.29 Å². The lowest BCUT2D eigenvalue weighted by Crippen LogP contribution is -2.04. The highest BCUT2D eigenvalue weighted by molar-refractivity contribution is 7.13. The van der Waals surface area contributed by atoms with Crippen molar-refractivity contribution < 1.29 is 9.63 Å². The van der Waals surface area contributed by atoms with Gasteiger partial charge in [0, 0.05) is 5.38 Å². The van der Waals surface area contributed by atoms with Gasteiger partial charge < -0.3 is 10.6 Å². The van der Waals surface area contributed by atoms with Crippen molar-refractivity contribution >= 4 is 28.5 Å². The van der Waals surface area contributed by atoms with Crippen molar-refractivity contribution in [2.75, 3.05) is 12.3 Å². The zero-order valence-corrected chi connectivity index (χ0v) is 7.74. The lowest BCUT2D eigenvalue weighted by molar-refractivity contribution is 0.179. The van der Waals surface area contributed by atoms with Crippen molar-refractivity contribution in [3.8, 4) is 6.07 Å². The molecule has 0 saturated carbocycles. The number of nitriles is 1. The first-order chi connectivity index (χ1) is 6.77. The largest absolute Gasteiger partial charge is 0.380 e. The molecular formula is C7H5N4O2S. The van der Waals surface area contributed by atoms with Crippen LogP contribution in [0.2, 0.25) is 0 Å². The highest BCUT2D eigenvalue weighted by Crippen LogP contribution is 2.11. The number of carbonyl (C=O) groups excluding carboxylic acids is 1. The minimum absolute atomic E-state index is 0.104. The molecule has 14 heavy (non-hydrogen) atoms. The van der Waals surface area contributed by atoms with Crippen LogP contribution in [0.4, 0.5) is 5.13 Å². The minimum Gasteiger partial charge on any atom is -0.380 e. The Balaban J connectivity index is 2.77. The Morgan fingerprint density at radius 3 is 3.14 bits per heavy atom. The van der Waals surface area contributed by atoms with E-state index in [1.807, 2.05) is 0 Å². The van der Waals surface area contributed by atoms with Crippen molar-refractivity contribution in [2.45, 2.75) is 0 Å². The Morgan fingerprint density at radius 1 is 1.86 bits per heavy atom. The smallest absolute Gasteiger partial charge is 0.259 e. The van der Waals surface area contributed by atoms with Crippen LogP contribution in [0.1, 0.15) is 5.69 Å². The summed E-state index contributed by atoms with van der Waals surface area (Å²) in [5.74, 6) is 0. The second kappa shape index (κ2) is 4.94. The molecule has 6 nitrogen and oxygen atoms in total. The van der Waals surface area contributed by atoms with Crippen LogP contribution in [-0.4, -0.2) is 23.6 Å². The monoisotopic (exact) mass is 209 g/mol. The molecule has 7 heteroatoms. The summed E-state index contributed by atoms with van der Waals surface area (Å²) >= 11 is 1.17. The molecule has 1 aromatic heterocycles. The third-order valence-corrected chi connectivity index (χ3v) is 1.82. The molecule has 0 aliphatic carbocycles. The third kappa shape index (κ3) is 2.53. The molecule has 0 fully saturated rings. The molecule has 0 amide bonds. The van der Waals surface area contributed by atoms with E-state index >= 15 is 0 Å². The van der Waals surface area contributed by atoms with E-state index in [9.17, 15) is 4.79 Å². The standard InChI is InChI=1S/C7H5N4O2S/c8-1-2-13-11-5(3-12)6-4-14-7(9)10-6/h4H,2H2,(H2,9,10)/b11-5+. The van der Waals surface area contributed by atoms with Gasteiger partial charge in [-0.1, -0.05) is 5.16 Å². The zero-order chi connectivity index (χ0) is 10.4. The molecule has 71 valence electrons. The molecule has 0 unspecified atom stereocenters. The van der Waals surface area contributed by atoms with Gasteiger partial charge in [0.1, 0.15) is 11.8 Å². The van der Waals surface area contributed by atoms with Crippen molar-refractivity contribution in [3.63, 3.8) is 0 Å². The van der Waals surface area contributed by atoms with Crippen LogP contribution in [0, 0.1) is 11.3 Å². The van der Waals surface area contributed by atoms with E-state index in [4.69, 9.17) is 11.0 Å². The van der Waals surface area contributed by atoms with Crippen LogP contribution >= 0.6 is 11.3 Å². The van der Waals surface area contributed by atoms with E-state index in [2.05, 4.69) is 15.0 Å². The fourth-order valence-corrected chi connectivity index (χ4v) is 1.19. The summed E-state index contributed by atoms with van der Waals surface area (Å²) in [6.45, 7) is -0.231. The molecule has 0 saturated heterocycles. The maximum absolute atomic E-state index is 10.4. The normalized spacial score (nSPS) is 10.6. The number of aromatic nitrogens is 1. The van der Waals surface area contributed by atoms with Gasteiger partial charge in [-0.05, 0) is 0 Å². The van der Waals surface area contributed by atoms with Gasteiger partial charge >= 0.3 is 0 Å². The number of rotatable bonds is 4. The topological polar surface area (TPSA) is 101 Å². The van der Waals surface area contributed by atoms with E-state index < -0.39 is 0 Å². The highest BCUT2D eigenvalue weighted by Gasteiger charge is 2.08. The van der Waals surface area contributed by atoms with Gasteiger partial charge in [-0.2, -0.15) is 5.26 Å². The van der Waals surface area contributed by atoms with Gasteiger partial charge in [0.2, 0.25) is 6.61 Å². The lowest BCUT2D eigenvalue weighted by Gasteiger charge is -1.92. The van der Waals surface area contributed by atoms with Crippen molar-refractivity contribution in [3.05, 3.63) is 11.1 Å². The second-order valence-corrected chi connectivity index (χ2v) is 2.93. The minimum atomic E-state index is -0.231. The number of nitrogen functional groups attached to an aromatic ring is 1. The third-order valence-electron chi connectivity index (χ3n) is 1.15. The van der Waals surface area contributed by atoms with Crippen LogP contribution in [-0.2, 0) is 9.63 Å². The molecule has 1 heterocycles. The summed E-state index contributed by atoms with van der Waals surface area (Å²) in [4.78, 5) is 18.7. The van der Waals surface area contributed by atoms with E-state index in [0.29, 0.717) is 10.8 Å². The van der Waals surface area contributed by atoms with Gasteiger partial charge in [-0.25, -0.2) is 4.98 Å². The Labute approximate surface area is 83.6 Å². The van der Waals surface area contributed by atoms with Crippen molar-refractivity contribution in [1.82, 2.24) is 4.98 Å². The molecule has 0 spiro atoms. The number of anilines is 1. The first-order valence-corrected chi connectivity index (χ1v) is 4.32. The van der Waals surface area contributed by atoms with Gasteiger partial charge in [0.05, 0.1) is 0 Å². The Hall–Kier alpha value is -1.94. The molecular weight excluding hydrogens is 204 g/mol. The summed E-state index contributed by atoms with van der Waals surface area (Å²) in [7, 11) is 0. The van der Waals surface area contributed by atoms with Crippen molar-refractivity contribution in [2.24, 2.45) is 5.16 Å². The van der Waals surface area contributed by atoms with Crippen LogP contribution in [0.3, 0.4) is 0 Å².